The van der Waals surface area contributed by atoms with E-state index in [1.165, 1.54) is 16.3 Å². The van der Waals surface area contributed by atoms with Gasteiger partial charge in [-0.15, -0.1) is 0 Å². The quantitative estimate of drug-likeness (QED) is 0.425. The van der Waals surface area contributed by atoms with Crippen molar-refractivity contribution in [3.8, 4) is 0 Å². The number of rotatable bonds is 2. The van der Waals surface area contributed by atoms with Crippen molar-refractivity contribution in [3.05, 3.63) is 35.5 Å². The smallest absolute Gasteiger partial charge is 0.363 e. The number of hydrogen-bond donors (Lipinski definition) is 3. The number of carbonyl (C=O) groups excluding carboxylic acids is 1. The summed E-state index contributed by atoms with van der Waals surface area (Å²) in [6.07, 6.45) is 0. The topological polar surface area (TPSA) is 90.2 Å². The second kappa shape index (κ2) is 4.76. The molecule has 1 aromatic carbocycles. The zero-order valence-corrected chi connectivity index (χ0v) is 11.1. The monoisotopic (exact) mass is 283 g/mol. The van der Waals surface area contributed by atoms with Crippen molar-refractivity contribution < 1.29 is 24.9 Å². The molecule has 0 radical (unpaired) electrons. The SMILES string of the molecule is CN1Sc2ccccc2C(O)=C1C(=O)OC(C)(O)O. The van der Waals surface area contributed by atoms with Crippen LogP contribution in [0.4, 0.5) is 0 Å². The summed E-state index contributed by atoms with van der Waals surface area (Å²) in [6.45, 7) is 0.909. The Kier molecular flexibility index (Phi) is 3.44. The molecule has 0 atom stereocenters. The van der Waals surface area contributed by atoms with E-state index in [1.807, 2.05) is 6.07 Å². The number of esters is 1. The first-order chi connectivity index (χ1) is 8.79. The van der Waals surface area contributed by atoms with Crippen LogP contribution in [0.1, 0.15) is 12.5 Å². The van der Waals surface area contributed by atoms with E-state index in [-0.39, 0.29) is 11.5 Å². The van der Waals surface area contributed by atoms with Gasteiger partial charge in [0, 0.05) is 24.4 Å². The molecule has 6 nitrogen and oxygen atoms in total. The van der Waals surface area contributed by atoms with Gasteiger partial charge in [0.2, 0.25) is 0 Å². The van der Waals surface area contributed by atoms with Crippen molar-refractivity contribution >= 4 is 23.7 Å². The van der Waals surface area contributed by atoms with Crippen LogP contribution < -0.4 is 0 Å². The molecule has 2 rings (SSSR count). The number of benzene rings is 1. The molecule has 0 saturated heterocycles. The molecule has 0 saturated carbocycles. The van der Waals surface area contributed by atoms with Crippen molar-refractivity contribution in [2.24, 2.45) is 0 Å². The first kappa shape index (κ1) is 13.7. The summed E-state index contributed by atoms with van der Waals surface area (Å²) in [4.78, 5) is 12.6. The van der Waals surface area contributed by atoms with E-state index < -0.39 is 11.9 Å². The van der Waals surface area contributed by atoms with E-state index in [9.17, 15) is 9.90 Å². The molecule has 0 amide bonds. The molecule has 19 heavy (non-hydrogen) atoms. The van der Waals surface area contributed by atoms with Gasteiger partial charge in [0.25, 0.3) is 0 Å². The Morgan fingerprint density at radius 2 is 2.00 bits per heavy atom. The lowest BCUT2D eigenvalue weighted by atomic mass is 10.1. The largest absolute Gasteiger partial charge is 0.505 e. The lowest BCUT2D eigenvalue weighted by Gasteiger charge is -2.28. The van der Waals surface area contributed by atoms with Gasteiger partial charge in [-0.1, -0.05) is 12.1 Å². The molecule has 0 aliphatic carbocycles. The van der Waals surface area contributed by atoms with Crippen LogP contribution in [0, 0.1) is 0 Å². The molecule has 3 N–H and O–H groups in total. The highest BCUT2D eigenvalue weighted by Gasteiger charge is 2.33. The van der Waals surface area contributed by atoms with Gasteiger partial charge in [0.05, 0.1) is 0 Å². The molecule has 0 fully saturated rings. The van der Waals surface area contributed by atoms with Crippen LogP contribution >= 0.6 is 11.9 Å². The van der Waals surface area contributed by atoms with Crippen molar-refractivity contribution in [1.82, 2.24) is 4.31 Å². The van der Waals surface area contributed by atoms with Crippen LogP contribution in [0.25, 0.3) is 5.76 Å². The minimum Gasteiger partial charge on any atom is -0.505 e. The predicted octanol–water partition coefficient (Wildman–Crippen LogP) is 1.07. The predicted molar refractivity (Wildman–Crippen MR) is 68.5 cm³/mol. The number of fused-ring (bicyclic) bond motifs is 1. The highest BCUT2D eigenvalue weighted by Crippen LogP contribution is 2.39. The molecule has 0 unspecified atom stereocenters. The number of ether oxygens (including phenoxy) is 1. The van der Waals surface area contributed by atoms with Crippen molar-refractivity contribution in [3.63, 3.8) is 0 Å². The Hall–Kier alpha value is -1.70. The van der Waals surface area contributed by atoms with Gasteiger partial charge >= 0.3 is 11.9 Å². The highest BCUT2D eigenvalue weighted by molar-refractivity contribution is 7.97. The number of aliphatic hydroxyl groups is 3. The van der Waals surface area contributed by atoms with Crippen molar-refractivity contribution in [2.75, 3.05) is 7.05 Å². The Balaban J connectivity index is 2.42. The number of aliphatic hydroxyl groups excluding tert-OH is 1. The molecule has 0 bridgehead atoms. The zero-order chi connectivity index (χ0) is 14.2. The van der Waals surface area contributed by atoms with Crippen LogP contribution in [-0.4, -0.2) is 38.6 Å². The van der Waals surface area contributed by atoms with Crippen LogP contribution in [0.5, 0.6) is 0 Å². The molecule has 1 heterocycles. The fourth-order valence-corrected chi connectivity index (χ4v) is 2.61. The third-order valence-corrected chi connectivity index (χ3v) is 3.41. The molecule has 1 aromatic rings. The van der Waals surface area contributed by atoms with Crippen molar-refractivity contribution in [2.45, 2.75) is 17.8 Å². The molecule has 0 spiro atoms. The van der Waals surface area contributed by atoms with Gasteiger partial charge in [-0.25, -0.2) is 4.79 Å². The fourth-order valence-electron chi connectivity index (χ4n) is 1.66. The Morgan fingerprint density at radius 3 is 2.63 bits per heavy atom. The van der Waals surface area contributed by atoms with E-state index in [1.54, 1.807) is 25.2 Å². The van der Waals surface area contributed by atoms with E-state index in [0.29, 0.717) is 5.56 Å². The summed E-state index contributed by atoms with van der Waals surface area (Å²) in [6, 6.07) is 7.01. The van der Waals surface area contributed by atoms with Crippen LogP contribution in [0.15, 0.2) is 34.9 Å². The molecule has 0 aromatic heterocycles. The second-order valence-corrected chi connectivity index (χ2v) is 5.28. The maximum absolute atomic E-state index is 11.8. The summed E-state index contributed by atoms with van der Waals surface area (Å²) in [5, 5.41) is 28.3. The first-order valence-corrected chi connectivity index (χ1v) is 6.19. The van der Waals surface area contributed by atoms with Crippen LogP contribution in [0.2, 0.25) is 0 Å². The van der Waals surface area contributed by atoms with Gasteiger partial charge in [0.1, 0.15) is 0 Å². The Morgan fingerprint density at radius 1 is 1.37 bits per heavy atom. The van der Waals surface area contributed by atoms with Gasteiger partial charge in [-0.3, -0.25) is 0 Å². The van der Waals surface area contributed by atoms with Crippen molar-refractivity contribution in [1.29, 1.82) is 0 Å². The fraction of sp³-hybridized carbons (Fsp3) is 0.250. The maximum atomic E-state index is 11.8. The van der Waals surface area contributed by atoms with Gasteiger partial charge < -0.3 is 24.4 Å². The van der Waals surface area contributed by atoms with Crippen LogP contribution in [-0.2, 0) is 9.53 Å². The normalized spacial score (nSPS) is 15.3. The standard InChI is InChI=1S/C12H13NO5S/c1-12(16,17)18-11(15)9-10(14)7-5-3-4-6-8(7)19-13(9)2/h3-6,14,16-17H,1-2H3. The van der Waals surface area contributed by atoms with Gasteiger partial charge in [-0.2, -0.15) is 0 Å². The molecule has 1 aliphatic heterocycles. The van der Waals surface area contributed by atoms with Crippen LogP contribution in [0.3, 0.4) is 0 Å². The number of nitrogens with zero attached hydrogens (tertiary/aromatic N) is 1. The lowest BCUT2D eigenvalue weighted by Crippen LogP contribution is -2.34. The summed E-state index contributed by atoms with van der Waals surface area (Å²) in [7, 11) is 1.57. The molecule has 102 valence electrons. The van der Waals surface area contributed by atoms with E-state index in [0.717, 1.165) is 11.8 Å². The molecular formula is C12H13NO5S. The van der Waals surface area contributed by atoms with E-state index >= 15 is 0 Å². The molecular weight excluding hydrogens is 270 g/mol. The third-order valence-electron chi connectivity index (χ3n) is 2.40. The average molecular weight is 283 g/mol. The average Bonchev–Trinajstić information content (AvgIpc) is 2.26. The lowest BCUT2D eigenvalue weighted by molar-refractivity contribution is -0.305. The second-order valence-electron chi connectivity index (χ2n) is 4.11. The summed E-state index contributed by atoms with van der Waals surface area (Å²) in [5.74, 6) is -3.87. The molecule has 1 aliphatic rings. The van der Waals surface area contributed by atoms with Gasteiger partial charge in [-0.05, 0) is 24.1 Å². The molecule has 7 heteroatoms. The van der Waals surface area contributed by atoms with E-state index in [4.69, 9.17) is 10.2 Å². The van der Waals surface area contributed by atoms with E-state index in [2.05, 4.69) is 4.74 Å². The highest BCUT2D eigenvalue weighted by atomic mass is 32.2. The Labute approximate surface area is 114 Å². The number of likely N-dealkylation sites (N-methyl/N-ethyl adjacent to an activating group) is 1. The zero-order valence-electron chi connectivity index (χ0n) is 10.3. The minimum atomic E-state index is -2.59. The first-order valence-electron chi connectivity index (χ1n) is 5.42. The third kappa shape index (κ3) is 2.83. The number of hydrogen-bond acceptors (Lipinski definition) is 7. The Bertz CT molecular complexity index is 549. The number of carbonyl (C=O) groups is 1. The summed E-state index contributed by atoms with van der Waals surface area (Å²) >= 11 is 1.23. The van der Waals surface area contributed by atoms with Gasteiger partial charge in [0.15, 0.2) is 11.5 Å². The maximum Gasteiger partial charge on any atom is 0.363 e. The summed E-state index contributed by atoms with van der Waals surface area (Å²) < 4.78 is 5.84. The minimum absolute atomic E-state index is 0.141. The summed E-state index contributed by atoms with van der Waals surface area (Å²) in [5.41, 5.74) is 0.355.